The van der Waals surface area contributed by atoms with Crippen LogP contribution >= 0.6 is 0 Å². The Hall–Kier alpha value is -2.69. The van der Waals surface area contributed by atoms with Crippen LogP contribution in [-0.4, -0.2) is 25.1 Å². The molecule has 0 aromatic carbocycles. The second-order valence-electron chi connectivity index (χ2n) is 9.17. The molecule has 2 aliphatic rings. The Labute approximate surface area is 166 Å². The van der Waals surface area contributed by atoms with E-state index in [4.69, 9.17) is 9.97 Å². The molecule has 4 heterocycles. The summed E-state index contributed by atoms with van der Waals surface area (Å²) in [6.07, 6.45) is 5.63. The minimum atomic E-state index is -0.0367. The number of anilines is 1. The molecular formula is C23H27N5. The number of hydrogen-bond donors (Lipinski definition) is 1. The summed E-state index contributed by atoms with van der Waals surface area (Å²) < 4.78 is 2.49. The predicted molar refractivity (Wildman–Crippen MR) is 112 cm³/mol. The van der Waals surface area contributed by atoms with Crippen LogP contribution in [0, 0.1) is 6.92 Å². The van der Waals surface area contributed by atoms with Crippen molar-refractivity contribution in [2.75, 3.05) is 5.32 Å². The molecule has 1 aliphatic heterocycles. The van der Waals surface area contributed by atoms with Gasteiger partial charge in [0.1, 0.15) is 17.3 Å². The summed E-state index contributed by atoms with van der Waals surface area (Å²) in [4.78, 5) is 14.4. The van der Waals surface area contributed by atoms with Gasteiger partial charge in [-0.05, 0) is 71.2 Å². The van der Waals surface area contributed by atoms with E-state index in [9.17, 15) is 0 Å². The van der Waals surface area contributed by atoms with Gasteiger partial charge in [-0.15, -0.1) is 0 Å². The number of nitrogens with one attached hydrogen (secondary N) is 1. The summed E-state index contributed by atoms with van der Waals surface area (Å²) in [5.74, 6) is 2.73. The van der Waals surface area contributed by atoms with Crippen molar-refractivity contribution in [1.82, 2.24) is 19.5 Å². The number of imidazole rings is 1. The standard InChI is InChI=1S/C23H27N5/c1-14-6-5-7-18(25-14)20-21(28-17-9-8-16(12-17)22(28)26-20)15-10-11-24-19(13-15)27-23(2,3)4/h5-7,10-11,13,16-17H,8-9,12H2,1-4H3,(H,24,27). The highest BCUT2D eigenvalue weighted by Crippen LogP contribution is 2.52. The van der Waals surface area contributed by atoms with Gasteiger partial charge in [-0.25, -0.2) is 9.97 Å². The van der Waals surface area contributed by atoms with Crippen LogP contribution in [0.3, 0.4) is 0 Å². The molecule has 5 nitrogen and oxygen atoms in total. The van der Waals surface area contributed by atoms with Gasteiger partial charge in [-0.1, -0.05) is 6.07 Å². The Morgan fingerprint density at radius 2 is 1.96 bits per heavy atom. The molecular weight excluding hydrogens is 346 g/mol. The van der Waals surface area contributed by atoms with E-state index in [0.29, 0.717) is 12.0 Å². The number of nitrogens with zero attached hydrogens (tertiary/aromatic N) is 4. The molecule has 0 saturated heterocycles. The molecule has 2 bridgehead atoms. The minimum Gasteiger partial charge on any atom is -0.365 e. The van der Waals surface area contributed by atoms with Gasteiger partial charge in [0, 0.05) is 35.0 Å². The number of hydrogen-bond acceptors (Lipinski definition) is 4. The van der Waals surface area contributed by atoms with Crippen LogP contribution in [0.4, 0.5) is 5.82 Å². The molecule has 144 valence electrons. The predicted octanol–water partition coefficient (Wildman–Crippen LogP) is 5.35. The summed E-state index contributed by atoms with van der Waals surface area (Å²) in [5.41, 5.74) is 5.29. The molecule has 0 radical (unpaired) electrons. The molecule has 2 atom stereocenters. The van der Waals surface area contributed by atoms with Crippen LogP contribution in [0.1, 0.15) is 63.5 Å². The number of fused-ring (bicyclic) bond motifs is 5. The smallest absolute Gasteiger partial charge is 0.126 e. The highest BCUT2D eigenvalue weighted by molar-refractivity contribution is 5.79. The first-order valence-electron chi connectivity index (χ1n) is 10.2. The second kappa shape index (κ2) is 6.16. The molecule has 3 aromatic heterocycles. The molecule has 5 heteroatoms. The van der Waals surface area contributed by atoms with Crippen LogP contribution in [-0.2, 0) is 0 Å². The zero-order chi connectivity index (χ0) is 19.5. The lowest BCUT2D eigenvalue weighted by atomic mass is 10.1. The van der Waals surface area contributed by atoms with Crippen LogP contribution in [0.25, 0.3) is 22.6 Å². The normalized spacial score (nSPS) is 20.4. The van der Waals surface area contributed by atoms with Gasteiger partial charge in [-0.2, -0.15) is 0 Å². The van der Waals surface area contributed by atoms with Gasteiger partial charge in [0.15, 0.2) is 0 Å². The van der Waals surface area contributed by atoms with E-state index in [-0.39, 0.29) is 5.54 Å². The average molecular weight is 374 g/mol. The number of pyridine rings is 2. The van der Waals surface area contributed by atoms with Gasteiger partial charge >= 0.3 is 0 Å². The second-order valence-corrected chi connectivity index (χ2v) is 9.17. The summed E-state index contributed by atoms with van der Waals surface area (Å²) in [6, 6.07) is 11.0. The maximum absolute atomic E-state index is 5.13. The third kappa shape index (κ3) is 2.89. The first-order chi connectivity index (χ1) is 13.4. The lowest BCUT2D eigenvalue weighted by Gasteiger charge is -2.22. The number of aromatic nitrogens is 4. The lowest BCUT2D eigenvalue weighted by Crippen LogP contribution is -2.26. The van der Waals surface area contributed by atoms with Gasteiger partial charge in [0.2, 0.25) is 0 Å². The zero-order valence-corrected chi connectivity index (χ0v) is 17.0. The maximum Gasteiger partial charge on any atom is 0.126 e. The third-order valence-electron chi connectivity index (χ3n) is 5.74. The third-order valence-corrected chi connectivity index (χ3v) is 5.74. The van der Waals surface area contributed by atoms with E-state index in [1.54, 1.807) is 0 Å². The quantitative estimate of drug-likeness (QED) is 0.672. The van der Waals surface area contributed by atoms with E-state index in [0.717, 1.165) is 28.5 Å². The van der Waals surface area contributed by atoms with Crippen molar-refractivity contribution in [2.45, 2.75) is 64.5 Å². The van der Waals surface area contributed by atoms with Crippen molar-refractivity contribution in [3.8, 4) is 22.6 Å². The van der Waals surface area contributed by atoms with Crippen molar-refractivity contribution in [3.05, 3.63) is 48.0 Å². The van der Waals surface area contributed by atoms with E-state index in [2.05, 4.69) is 59.9 Å². The highest BCUT2D eigenvalue weighted by atomic mass is 15.2. The molecule has 28 heavy (non-hydrogen) atoms. The Kier molecular flexibility index (Phi) is 3.83. The maximum atomic E-state index is 5.13. The SMILES string of the molecule is Cc1cccc(-c2nc3n(c2-c2ccnc(NC(C)(C)C)c2)C2CCC3C2)n1. The fraction of sp³-hybridized carbons (Fsp3) is 0.435. The Morgan fingerprint density at radius 1 is 1.11 bits per heavy atom. The first-order valence-corrected chi connectivity index (χ1v) is 10.2. The Morgan fingerprint density at radius 3 is 2.75 bits per heavy atom. The molecule has 1 aliphatic carbocycles. The molecule has 0 amide bonds. The van der Waals surface area contributed by atoms with Crippen molar-refractivity contribution in [3.63, 3.8) is 0 Å². The molecule has 0 spiro atoms. The molecule has 5 rings (SSSR count). The highest BCUT2D eigenvalue weighted by Gasteiger charge is 2.41. The fourth-order valence-electron chi connectivity index (χ4n) is 4.69. The summed E-state index contributed by atoms with van der Waals surface area (Å²) >= 11 is 0. The largest absolute Gasteiger partial charge is 0.365 e. The van der Waals surface area contributed by atoms with Gasteiger partial charge < -0.3 is 9.88 Å². The average Bonchev–Trinajstić information content (AvgIpc) is 3.32. The van der Waals surface area contributed by atoms with Gasteiger partial charge in [-0.3, -0.25) is 4.98 Å². The van der Waals surface area contributed by atoms with Crippen molar-refractivity contribution >= 4 is 5.82 Å². The van der Waals surface area contributed by atoms with Gasteiger partial charge in [0.05, 0.1) is 11.4 Å². The summed E-state index contributed by atoms with van der Waals surface area (Å²) in [7, 11) is 0. The first kappa shape index (κ1) is 17.4. The topological polar surface area (TPSA) is 55.6 Å². The monoisotopic (exact) mass is 373 g/mol. The van der Waals surface area contributed by atoms with E-state index >= 15 is 0 Å². The lowest BCUT2D eigenvalue weighted by molar-refractivity contribution is 0.530. The molecule has 1 fully saturated rings. The van der Waals surface area contributed by atoms with Gasteiger partial charge in [0.25, 0.3) is 0 Å². The van der Waals surface area contributed by atoms with E-state index in [1.807, 2.05) is 19.2 Å². The van der Waals surface area contributed by atoms with E-state index in [1.165, 1.54) is 30.8 Å². The Bertz CT molecular complexity index is 1040. The number of rotatable bonds is 3. The van der Waals surface area contributed by atoms with Crippen molar-refractivity contribution in [1.29, 1.82) is 0 Å². The Balaban J connectivity index is 1.69. The van der Waals surface area contributed by atoms with Crippen LogP contribution < -0.4 is 5.32 Å². The number of aryl methyl sites for hydroxylation is 1. The minimum absolute atomic E-state index is 0.0367. The fourth-order valence-corrected chi connectivity index (χ4v) is 4.69. The summed E-state index contributed by atoms with van der Waals surface area (Å²) in [6.45, 7) is 8.49. The van der Waals surface area contributed by atoms with Crippen molar-refractivity contribution < 1.29 is 0 Å². The molecule has 3 aromatic rings. The van der Waals surface area contributed by atoms with Crippen molar-refractivity contribution in [2.24, 2.45) is 0 Å². The van der Waals surface area contributed by atoms with Crippen LogP contribution in [0.15, 0.2) is 36.5 Å². The molecule has 2 unspecified atom stereocenters. The van der Waals surface area contributed by atoms with Crippen LogP contribution in [0.5, 0.6) is 0 Å². The van der Waals surface area contributed by atoms with E-state index < -0.39 is 0 Å². The summed E-state index contributed by atoms with van der Waals surface area (Å²) in [5, 5.41) is 3.50. The van der Waals surface area contributed by atoms with Crippen LogP contribution in [0.2, 0.25) is 0 Å². The molecule has 1 N–H and O–H groups in total. The molecule has 1 saturated carbocycles. The zero-order valence-electron chi connectivity index (χ0n) is 17.0.